The minimum Gasteiger partial charge on any atom is -0.363 e. The molecule has 1 saturated heterocycles. The van der Waals surface area contributed by atoms with Gasteiger partial charge in [-0.1, -0.05) is 37.5 Å². The first-order chi connectivity index (χ1) is 21.3. The maximum Gasteiger partial charge on any atom is 0.276 e. The molecule has 3 aromatic rings. The molecule has 2 aromatic heterocycles. The summed E-state index contributed by atoms with van der Waals surface area (Å²) in [7, 11) is 0. The van der Waals surface area contributed by atoms with E-state index in [-0.39, 0.29) is 34.3 Å². The molecule has 1 aromatic carbocycles. The van der Waals surface area contributed by atoms with Crippen LogP contribution in [0.15, 0.2) is 29.1 Å². The third-order valence-corrected chi connectivity index (χ3v) is 8.99. The summed E-state index contributed by atoms with van der Waals surface area (Å²) in [4.78, 5) is 25.0. The number of nitrogens with one attached hydrogen (secondary N) is 1. The first-order valence-corrected chi connectivity index (χ1v) is 14.8. The molecule has 0 radical (unpaired) electrons. The quantitative estimate of drug-likeness (QED) is 0.361. The number of rotatable bonds is 1. The van der Waals surface area contributed by atoms with Crippen molar-refractivity contribution in [2.24, 2.45) is 5.92 Å². The van der Waals surface area contributed by atoms with Crippen LogP contribution in [0.1, 0.15) is 90.9 Å². The summed E-state index contributed by atoms with van der Waals surface area (Å²) in [6, 6.07) is 5.55. The minimum absolute atomic E-state index is 0.0272. The van der Waals surface area contributed by atoms with Gasteiger partial charge in [0, 0.05) is 41.3 Å². The molecule has 0 spiro atoms. The monoisotopic (exact) mass is 581 g/mol. The second-order valence-electron chi connectivity index (χ2n) is 12.2. The molecule has 7 nitrogen and oxygen atoms in total. The Morgan fingerprint density at radius 1 is 1.10 bits per heavy atom. The second-order valence-corrected chi connectivity index (χ2v) is 12.2. The summed E-state index contributed by atoms with van der Waals surface area (Å²) < 4.78 is 73.7. The zero-order valence-electron chi connectivity index (χ0n) is 26.7. The number of nitrogens with zero attached hydrogens (tertiary/aromatic N) is 5. The van der Waals surface area contributed by atoms with Crippen LogP contribution in [-0.4, -0.2) is 39.1 Å². The molecule has 2 fully saturated rings. The fourth-order valence-corrected chi connectivity index (χ4v) is 6.45. The van der Waals surface area contributed by atoms with E-state index in [9.17, 15) is 10.1 Å². The van der Waals surface area contributed by atoms with Gasteiger partial charge in [-0.3, -0.25) is 9.36 Å². The summed E-state index contributed by atoms with van der Waals surface area (Å²) in [5.41, 5.74) is -1.96. The van der Waals surface area contributed by atoms with Crippen molar-refractivity contribution in [3.8, 4) is 6.07 Å². The molecule has 1 N–H and O–H groups in total. The van der Waals surface area contributed by atoms with Crippen LogP contribution in [0, 0.1) is 30.0 Å². The van der Waals surface area contributed by atoms with Gasteiger partial charge in [-0.25, -0.2) is 23.1 Å². The van der Waals surface area contributed by atoms with Gasteiger partial charge in [0.15, 0.2) is 0 Å². The molecule has 1 saturated carbocycles. The topological polar surface area (TPSA) is 86.8 Å². The van der Waals surface area contributed by atoms with Gasteiger partial charge in [0.1, 0.15) is 23.1 Å². The van der Waals surface area contributed by atoms with Crippen molar-refractivity contribution in [3.05, 3.63) is 63.0 Å². The Morgan fingerprint density at radius 3 is 2.55 bits per heavy atom. The van der Waals surface area contributed by atoms with E-state index in [0.29, 0.717) is 44.3 Å². The van der Waals surface area contributed by atoms with Crippen molar-refractivity contribution in [1.29, 1.82) is 5.26 Å². The number of hydrogen-bond donors (Lipinski definition) is 1. The van der Waals surface area contributed by atoms with Crippen molar-refractivity contribution >= 4 is 16.9 Å². The Kier molecular flexibility index (Phi) is 6.57. The van der Waals surface area contributed by atoms with Crippen LogP contribution in [0.4, 0.5) is 19.0 Å². The molecule has 8 bridgehead atoms. The second kappa shape index (κ2) is 11.0. The zero-order chi connectivity index (χ0) is 32.1. The van der Waals surface area contributed by atoms with Crippen LogP contribution in [0.3, 0.4) is 0 Å². The molecule has 1 atom stereocenters. The van der Waals surface area contributed by atoms with Gasteiger partial charge in [0.25, 0.3) is 11.5 Å². The van der Waals surface area contributed by atoms with Gasteiger partial charge in [-0.2, -0.15) is 5.26 Å². The molecule has 7 rings (SSSR count). The van der Waals surface area contributed by atoms with Gasteiger partial charge < -0.3 is 10.2 Å². The predicted octanol–water partition coefficient (Wildman–Crippen LogP) is 6.35. The van der Waals surface area contributed by atoms with Gasteiger partial charge in [-0.05, 0) is 58.0 Å². The SMILES string of the molecule is [2H]C([2H])([2H])[C@H]1Nc2nc(C)nc3c2cc(C2(C#N)CC2)c(=O)n3CCCCCCCN2CC(C2)CC(F)(F)c2cccc1c2F. The number of benzene rings is 1. The lowest BCUT2D eigenvalue weighted by atomic mass is 9.88. The van der Waals surface area contributed by atoms with Crippen LogP contribution in [0.2, 0.25) is 0 Å². The van der Waals surface area contributed by atoms with E-state index >= 15 is 13.2 Å². The predicted molar refractivity (Wildman–Crippen MR) is 155 cm³/mol. The van der Waals surface area contributed by atoms with Gasteiger partial charge in [-0.15, -0.1) is 0 Å². The molecule has 42 heavy (non-hydrogen) atoms. The lowest BCUT2D eigenvalue weighted by Crippen LogP contribution is -2.48. The summed E-state index contributed by atoms with van der Waals surface area (Å²) >= 11 is 0. The van der Waals surface area contributed by atoms with E-state index in [4.69, 9.17) is 4.11 Å². The van der Waals surface area contributed by atoms with Crippen LogP contribution >= 0.6 is 0 Å². The fraction of sp³-hybridized carbons (Fsp3) is 0.562. The van der Waals surface area contributed by atoms with Crippen molar-refractivity contribution in [2.45, 2.75) is 89.1 Å². The largest absolute Gasteiger partial charge is 0.363 e. The average Bonchev–Trinajstić information content (AvgIpc) is 3.75. The lowest BCUT2D eigenvalue weighted by molar-refractivity contribution is -0.0592. The highest BCUT2D eigenvalue weighted by atomic mass is 19.3. The minimum atomic E-state index is -3.49. The van der Waals surface area contributed by atoms with E-state index in [2.05, 4.69) is 26.3 Å². The summed E-state index contributed by atoms with van der Waals surface area (Å²) in [5.74, 6) is -4.78. The van der Waals surface area contributed by atoms with Gasteiger partial charge in [0.05, 0.1) is 28.5 Å². The highest BCUT2D eigenvalue weighted by Crippen LogP contribution is 2.47. The van der Waals surface area contributed by atoms with Crippen LogP contribution in [0.25, 0.3) is 11.0 Å². The van der Waals surface area contributed by atoms with E-state index in [1.54, 1.807) is 13.0 Å². The van der Waals surface area contributed by atoms with Gasteiger partial charge in [0.2, 0.25) is 0 Å². The maximum absolute atomic E-state index is 16.1. The number of halogens is 3. The number of aromatic nitrogens is 3. The normalized spacial score (nSPS) is 26.8. The molecule has 5 heterocycles. The Morgan fingerprint density at radius 2 is 1.83 bits per heavy atom. The van der Waals surface area contributed by atoms with E-state index in [0.717, 1.165) is 38.3 Å². The zero-order valence-corrected chi connectivity index (χ0v) is 23.7. The maximum atomic E-state index is 16.1. The van der Waals surface area contributed by atoms with Crippen LogP contribution in [0.5, 0.6) is 0 Å². The Balaban J connectivity index is 1.51. The fourth-order valence-electron chi connectivity index (χ4n) is 6.45. The van der Waals surface area contributed by atoms with Crippen molar-refractivity contribution < 1.29 is 17.3 Å². The average molecular weight is 582 g/mol. The van der Waals surface area contributed by atoms with Crippen LogP contribution < -0.4 is 10.9 Å². The molecule has 10 heteroatoms. The van der Waals surface area contributed by atoms with Crippen LogP contribution in [-0.2, 0) is 17.9 Å². The van der Waals surface area contributed by atoms with E-state index < -0.39 is 47.6 Å². The Hall–Kier alpha value is -3.45. The highest BCUT2D eigenvalue weighted by Gasteiger charge is 2.47. The number of pyridine rings is 1. The molecule has 0 unspecified atom stereocenters. The van der Waals surface area contributed by atoms with Crippen molar-refractivity contribution in [1.82, 2.24) is 19.4 Å². The Labute approximate surface area is 248 Å². The summed E-state index contributed by atoms with van der Waals surface area (Å²) in [6.45, 7) is 0.916. The molecule has 1 aliphatic carbocycles. The third kappa shape index (κ3) is 5.28. The lowest BCUT2D eigenvalue weighted by Gasteiger charge is -2.41. The molecule has 3 aliphatic heterocycles. The molecule has 222 valence electrons. The molecular formula is C32H37F3N6O. The summed E-state index contributed by atoms with van der Waals surface area (Å²) in [6.07, 6.45) is 4.91. The molecular weight excluding hydrogens is 541 g/mol. The first kappa shape index (κ1) is 25.1. The smallest absolute Gasteiger partial charge is 0.276 e. The standard InChI is InChI=1S/C32H37F3N6O/c1-20-23-9-8-10-25(27(23)33)32(34,35)16-22-17-40(18-22)13-6-4-3-5-7-14-41-29-24(28(37-20)38-21(2)39-29)15-26(30(41)42)31(19-36)11-12-31/h8-10,15,20,22H,3-7,11-14,16-18H2,1-2H3,(H,37,38,39)/t20-/m1/s1/i1D3. The Bertz CT molecular complexity index is 1710. The third-order valence-electron chi connectivity index (χ3n) is 8.99. The number of fused-ring (bicyclic) bond motifs is 8. The number of alkyl halides is 2. The number of nitriles is 1. The van der Waals surface area contributed by atoms with Crippen molar-refractivity contribution in [3.63, 3.8) is 0 Å². The highest BCUT2D eigenvalue weighted by molar-refractivity contribution is 5.88. The molecule has 4 aliphatic rings. The van der Waals surface area contributed by atoms with Gasteiger partial charge >= 0.3 is 0 Å². The number of hydrogen-bond acceptors (Lipinski definition) is 6. The molecule has 0 amide bonds. The first-order valence-electron chi connectivity index (χ1n) is 16.3. The van der Waals surface area contributed by atoms with Crippen molar-refractivity contribution in [2.75, 3.05) is 25.0 Å². The van der Waals surface area contributed by atoms with E-state index in [1.807, 2.05) is 0 Å². The number of anilines is 1. The van der Waals surface area contributed by atoms with E-state index in [1.165, 1.54) is 16.7 Å². The number of aryl methyl sites for hydroxylation is 2. The summed E-state index contributed by atoms with van der Waals surface area (Å²) in [5, 5.41) is 13.1.